The van der Waals surface area contributed by atoms with E-state index in [1.807, 2.05) is 19.0 Å². The number of carbonyl (C=O) groups excluding carboxylic acids is 2. The Morgan fingerprint density at radius 2 is 1.88 bits per heavy atom. The van der Waals surface area contributed by atoms with Crippen LogP contribution >= 0.6 is 11.6 Å². The van der Waals surface area contributed by atoms with Crippen LogP contribution < -0.4 is 5.43 Å². The number of ketones is 2. The maximum absolute atomic E-state index is 13.6. The van der Waals surface area contributed by atoms with Crippen molar-refractivity contribution >= 4 is 23.2 Å². The second-order valence-corrected chi connectivity index (χ2v) is 8.59. The quantitative estimate of drug-likeness (QED) is 0.543. The lowest BCUT2D eigenvalue weighted by Crippen LogP contribution is -2.61. The van der Waals surface area contributed by atoms with E-state index < -0.39 is 23.0 Å². The van der Waals surface area contributed by atoms with E-state index in [-0.39, 0.29) is 41.7 Å². The molecule has 146 valence electrons. The molecule has 2 aliphatic carbocycles. The molecule has 7 nitrogen and oxygen atoms in total. The van der Waals surface area contributed by atoms with E-state index >= 15 is 0 Å². The third-order valence-corrected chi connectivity index (χ3v) is 7.53. The van der Waals surface area contributed by atoms with Crippen molar-refractivity contribution in [2.45, 2.75) is 55.1 Å². The van der Waals surface area contributed by atoms with Gasteiger partial charge in [-0.2, -0.15) is 0 Å². The van der Waals surface area contributed by atoms with Gasteiger partial charge in [-0.25, -0.2) is 5.01 Å². The van der Waals surface area contributed by atoms with Crippen molar-refractivity contribution < 1.29 is 23.8 Å². The molecule has 2 heterocycles. The monoisotopic (exact) mass is 386 g/mol. The van der Waals surface area contributed by atoms with Crippen LogP contribution in [0.2, 0.25) is 0 Å². The van der Waals surface area contributed by atoms with E-state index in [9.17, 15) is 9.59 Å². The van der Waals surface area contributed by atoms with Crippen molar-refractivity contribution in [1.82, 2.24) is 10.4 Å². The normalized spacial score (nSPS) is 51.7. The van der Waals surface area contributed by atoms with Crippen LogP contribution in [0.1, 0.15) is 19.8 Å². The van der Waals surface area contributed by atoms with E-state index in [1.54, 1.807) is 14.2 Å². The van der Waals surface area contributed by atoms with Crippen LogP contribution in [0.3, 0.4) is 0 Å². The Morgan fingerprint density at radius 3 is 2.54 bits per heavy atom. The van der Waals surface area contributed by atoms with E-state index in [0.29, 0.717) is 13.0 Å². The van der Waals surface area contributed by atoms with E-state index in [2.05, 4.69) is 5.43 Å². The van der Waals surface area contributed by atoms with Crippen LogP contribution in [-0.2, 0) is 23.8 Å². The molecule has 8 heteroatoms. The number of carbonyl (C=O) groups is 2. The number of methoxy groups -OCH3 is 2. The number of hydrazine groups is 1. The molecule has 4 rings (SSSR count). The highest BCUT2D eigenvalue weighted by Gasteiger charge is 2.70. The van der Waals surface area contributed by atoms with Crippen LogP contribution in [0.4, 0.5) is 0 Å². The number of nitrogens with zero attached hydrogens (tertiary/aromatic N) is 1. The van der Waals surface area contributed by atoms with Crippen LogP contribution in [-0.4, -0.2) is 79.7 Å². The fourth-order valence-electron chi connectivity index (χ4n) is 5.51. The van der Waals surface area contributed by atoms with Gasteiger partial charge in [-0.15, -0.1) is 11.6 Å². The fourth-order valence-corrected chi connectivity index (χ4v) is 5.93. The number of halogens is 1. The first-order valence-corrected chi connectivity index (χ1v) is 9.72. The summed E-state index contributed by atoms with van der Waals surface area (Å²) in [5.41, 5.74) is 1.81. The minimum Gasteiger partial charge on any atom is -0.380 e. The molecule has 4 fully saturated rings. The highest BCUT2D eigenvalue weighted by atomic mass is 35.5. The number of nitrogens with one attached hydrogen (secondary N) is 1. The molecule has 26 heavy (non-hydrogen) atoms. The Morgan fingerprint density at radius 1 is 1.19 bits per heavy atom. The fraction of sp³-hybridized carbons (Fsp3) is 0.889. The van der Waals surface area contributed by atoms with Gasteiger partial charge < -0.3 is 14.2 Å². The molecule has 9 atom stereocenters. The number of Topliss-reactive ketones (excluding diaryl/α,β-unsaturated/α-hetero) is 2. The minimum absolute atomic E-state index is 0.0962. The molecule has 2 saturated heterocycles. The second-order valence-electron chi connectivity index (χ2n) is 8.08. The molecule has 1 N–H and O–H groups in total. The number of rotatable bonds is 2. The van der Waals surface area contributed by atoms with E-state index in [1.165, 1.54) is 0 Å². The Labute approximate surface area is 158 Å². The lowest BCUT2D eigenvalue weighted by atomic mass is 9.64. The Balaban J connectivity index is 1.72. The predicted molar refractivity (Wildman–Crippen MR) is 93.8 cm³/mol. The standard InChI is InChI=1S/C18H27ClN2O5/c1-8-5-10-9(7-20-21(10)2)16(22)18(8)17(23)13-11(24-3)6-12(25-4)14(19)15(13)26-18/h8-15,20H,5-7H2,1-4H3/t8-,9?,10?,11?,12?,13?,14?,15?,18+/m1/s1. The molecule has 1 spiro atoms. The Bertz CT molecular complexity index is 618. The smallest absolute Gasteiger partial charge is 0.188 e. The molecule has 0 aromatic carbocycles. The molecule has 0 amide bonds. The number of fused-ring (bicyclic) bond motifs is 2. The molecule has 2 saturated carbocycles. The van der Waals surface area contributed by atoms with Crippen molar-refractivity contribution in [1.29, 1.82) is 0 Å². The summed E-state index contributed by atoms with van der Waals surface area (Å²) in [4.78, 5) is 27.0. The van der Waals surface area contributed by atoms with Gasteiger partial charge in [0.25, 0.3) is 0 Å². The molecule has 7 unspecified atom stereocenters. The topological polar surface area (TPSA) is 77.1 Å². The van der Waals surface area contributed by atoms with Crippen molar-refractivity contribution in [3.05, 3.63) is 0 Å². The lowest BCUT2D eigenvalue weighted by molar-refractivity contribution is -0.170. The van der Waals surface area contributed by atoms with E-state index in [0.717, 1.165) is 6.42 Å². The zero-order valence-corrected chi connectivity index (χ0v) is 16.4. The number of alkyl halides is 1. The number of hydrogen-bond acceptors (Lipinski definition) is 7. The highest BCUT2D eigenvalue weighted by Crippen LogP contribution is 2.51. The van der Waals surface area contributed by atoms with Crippen LogP contribution in [0.25, 0.3) is 0 Å². The van der Waals surface area contributed by atoms with Gasteiger partial charge in [0.15, 0.2) is 17.2 Å². The lowest BCUT2D eigenvalue weighted by Gasteiger charge is -2.42. The number of hydrogen-bond donors (Lipinski definition) is 1. The zero-order chi connectivity index (χ0) is 18.8. The van der Waals surface area contributed by atoms with Crippen LogP contribution in [0.15, 0.2) is 0 Å². The van der Waals surface area contributed by atoms with Gasteiger partial charge in [-0.3, -0.25) is 15.0 Å². The van der Waals surface area contributed by atoms with Gasteiger partial charge in [0.1, 0.15) is 0 Å². The molecule has 0 bridgehead atoms. The SMILES string of the molecule is COC1CC(OC)C2C(=O)[C@@]3(OC2C1Cl)C(=O)C1CNN(C)C1C[C@H]3C. The average Bonchev–Trinajstić information content (AvgIpc) is 3.14. The minimum atomic E-state index is -1.41. The molecule has 0 aromatic rings. The summed E-state index contributed by atoms with van der Waals surface area (Å²) in [6.07, 6.45) is 0.0548. The maximum atomic E-state index is 13.6. The van der Waals surface area contributed by atoms with Gasteiger partial charge in [0.2, 0.25) is 0 Å². The highest BCUT2D eigenvalue weighted by molar-refractivity contribution is 6.23. The molecular formula is C18H27ClN2O5. The van der Waals surface area contributed by atoms with Crippen molar-refractivity contribution in [2.75, 3.05) is 27.8 Å². The summed E-state index contributed by atoms with van der Waals surface area (Å²) in [5, 5.41) is 1.50. The van der Waals surface area contributed by atoms with Gasteiger partial charge in [-0.05, 0) is 6.42 Å². The zero-order valence-electron chi connectivity index (χ0n) is 15.6. The summed E-state index contributed by atoms with van der Waals surface area (Å²) < 4.78 is 17.4. The van der Waals surface area contributed by atoms with Gasteiger partial charge in [0.05, 0.1) is 35.5 Å². The summed E-state index contributed by atoms with van der Waals surface area (Å²) in [6, 6.07) is 0.0962. The summed E-state index contributed by atoms with van der Waals surface area (Å²) in [6.45, 7) is 2.48. The van der Waals surface area contributed by atoms with Crippen molar-refractivity contribution in [2.24, 2.45) is 17.8 Å². The first-order chi connectivity index (χ1) is 12.4. The van der Waals surface area contributed by atoms with Crippen LogP contribution in [0, 0.1) is 17.8 Å². The largest absolute Gasteiger partial charge is 0.380 e. The van der Waals surface area contributed by atoms with E-state index in [4.69, 9.17) is 25.8 Å². The first kappa shape index (κ1) is 18.8. The summed E-state index contributed by atoms with van der Waals surface area (Å²) >= 11 is 6.61. The third-order valence-electron chi connectivity index (χ3n) is 7.00. The molecule has 4 aliphatic rings. The average molecular weight is 387 g/mol. The predicted octanol–water partition coefficient (Wildman–Crippen LogP) is 0.394. The van der Waals surface area contributed by atoms with Crippen molar-refractivity contribution in [3.8, 4) is 0 Å². The van der Waals surface area contributed by atoms with Gasteiger partial charge in [-0.1, -0.05) is 6.92 Å². The van der Waals surface area contributed by atoms with Gasteiger partial charge >= 0.3 is 0 Å². The second kappa shape index (κ2) is 6.50. The Kier molecular flexibility index (Phi) is 4.69. The first-order valence-electron chi connectivity index (χ1n) is 9.29. The maximum Gasteiger partial charge on any atom is 0.188 e. The summed E-state index contributed by atoms with van der Waals surface area (Å²) in [5.74, 6) is -1.23. The van der Waals surface area contributed by atoms with Crippen LogP contribution in [0.5, 0.6) is 0 Å². The molecule has 0 radical (unpaired) electrons. The molecular weight excluding hydrogens is 360 g/mol. The number of ether oxygens (including phenoxy) is 3. The Hall–Kier alpha value is -0.570. The van der Waals surface area contributed by atoms with Gasteiger partial charge in [0, 0.05) is 46.2 Å². The molecule has 2 aliphatic heterocycles. The van der Waals surface area contributed by atoms with Crippen molar-refractivity contribution in [3.63, 3.8) is 0 Å². The molecule has 0 aromatic heterocycles. The third kappa shape index (κ3) is 2.31. The summed E-state index contributed by atoms with van der Waals surface area (Å²) in [7, 11) is 5.12.